The number of fused-ring (bicyclic) bond motifs is 1. The second-order valence-corrected chi connectivity index (χ2v) is 9.43. The van der Waals surface area contributed by atoms with E-state index in [4.69, 9.17) is 13.9 Å². The lowest BCUT2D eigenvalue weighted by atomic mass is 9.99. The van der Waals surface area contributed by atoms with Gasteiger partial charge in [-0.3, -0.25) is 14.5 Å². The normalized spacial score (nSPS) is 15.8. The Morgan fingerprint density at radius 1 is 0.972 bits per heavy atom. The molecule has 2 aliphatic carbocycles. The average Bonchev–Trinajstić information content (AvgIpc) is 3.68. The van der Waals surface area contributed by atoms with Crippen LogP contribution in [-0.4, -0.2) is 32.1 Å². The van der Waals surface area contributed by atoms with Gasteiger partial charge in [-0.25, -0.2) is 0 Å². The zero-order valence-corrected chi connectivity index (χ0v) is 20.8. The molecule has 5 rings (SSSR count). The van der Waals surface area contributed by atoms with Crippen molar-refractivity contribution in [2.45, 2.75) is 57.0 Å². The van der Waals surface area contributed by atoms with Crippen molar-refractivity contribution in [1.29, 1.82) is 0 Å². The summed E-state index contributed by atoms with van der Waals surface area (Å²) in [6, 6.07) is 13.8. The largest absolute Gasteiger partial charge is 0.493 e. The van der Waals surface area contributed by atoms with Crippen molar-refractivity contribution < 1.29 is 23.5 Å². The molecule has 1 fully saturated rings. The van der Waals surface area contributed by atoms with Crippen LogP contribution in [0, 0.1) is 0 Å². The molecule has 0 aliphatic heterocycles. The van der Waals surface area contributed by atoms with Crippen LogP contribution in [0.2, 0.25) is 0 Å². The minimum absolute atomic E-state index is 0.0807. The first-order chi connectivity index (χ1) is 17.6. The van der Waals surface area contributed by atoms with E-state index >= 15 is 0 Å². The van der Waals surface area contributed by atoms with E-state index in [0.29, 0.717) is 22.7 Å². The Morgan fingerprint density at radius 3 is 2.50 bits per heavy atom. The molecule has 2 aliphatic rings. The Bertz CT molecular complexity index is 1230. The van der Waals surface area contributed by atoms with Crippen LogP contribution in [0.4, 0.5) is 5.69 Å². The van der Waals surface area contributed by atoms with Gasteiger partial charge in [0.25, 0.3) is 5.91 Å². The van der Waals surface area contributed by atoms with Gasteiger partial charge >= 0.3 is 0 Å². The van der Waals surface area contributed by atoms with Crippen molar-refractivity contribution >= 4 is 17.5 Å². The molecular formula is C29H32N2O5. The Hall–Kier alpha value is -3.74. The molecule has 2 aromatic carbocycles. The molecule has 0 radical (unpaired) electrons. The highest BCUT2D eigenvalue weighted by molar-refractivity contribution is 6.09. The Labute approximate surface area is 211 Å². The van der Waals surface area contributed by atoms with E-state index < -0.39 is 11.9 Å². The van der Waals surface area contributed by atoms with E-state index in [1.807, 2.05) is 24.3 Å². The highest BCUT2D eigenvalue weighted by Gasteiger charge is 2.38. The van der Waals surface area contributed by atoms with E-state index in [1.165, 1.54) is 17.4 Å². The maximum atomic E-state index is 14.1. The van der Waals surface area contributed by atoms with Crippen molar-refractivity contribution in [3.05, 3.63) is 77.2 Å². The van der Waals surface area contributed by atoms with Crippen LogP contribution >= 0.6 is 0 Å². The van der Waals surface area contributed by atoms with Crippen molar-refractivity contribution in [2.75, 3.05) is 19.1 Å². The lowest BCUT2D eigenvalue weighted by Gasteiger charge is -2.33. The molecule has 188 valence electrons. The summed E-state index contributed by atoms with van der Waals surface area (Å²) < 4.78 is 16.8. The fourth-order valence-electron chi connectivity index (χ4n) is 5.49. The van der Waals surface area contributed by atoms with Crippen LogP contribution in [-0.2, 0) is 17.6 Å². The summed E-state index contributed by atoms with van der Waals surface area (Å²) in [7, 11) is 3.10. The molecule has 36 heavy (non-hydrogen) atoms. The van der Waals surface area contributed by atoms with Crippen LogP contribution in [0.3, 0.4) is 0 Å². The zero-order chi connectivity index (χ0) is 25.1. The number of rotatable bonds is 8. The number of ether oxygens (including phenoxy) is 2. The number of hydrogen-bond acceptors (Lipinski definition) is 5. The van der Waals surface area contributed by atoms with Gasteiger partial charge in [-0.15, -0.1) is 0 Å². The van der Waals surface area contributed by atoms with Crippen LogP contribution in [0.5, 0.6) is 11.5 Å². The molecule has 7 nitrogen and oxygen atoms in total. The van der Waals surface area contributed by atoms with Gasteiger partial charge in [0.05, 0.1) is 20.5 Å². The molecule has 0 unspecified atom stereocenters. The maximum Gasteiger partial charge on any atom is 0.294 e. The number of amides is 2. The van der Waals surface area contributed by atoms with Crippen LogP contribution in [0.15, 0.2) is 59.2 Å². The van der Waals surface area contributed by atoms with Crippen LogP contribution < -0.4 is 19.7 Å². The van der Waals surface area contributed by atoms with E-state index in [-0.39, 0.29) is 17.7 Å². The fourth-order valence-corrected chi connectivity index (χ4v) is 5.49. The molecule has 0 bridgehead atoms. The highest BCUT2D eigenvalue weighted by atomic mass is 16.5. The summed E-state index contributed by atoms with van der Waals surface area (Å²) in [5, 5.41) is 3.21. The minimum atomic E-state index is -0.993. The molecule has 1 heterocycles. The smallest absolute Gasteiger partial charge is 0.294 e. The number of hydrogen-bond donors (Lipinski definition) is 1. The molecule has 3 aromatic rings. The summed E-state index contributed by atoms with van der Waals surface area (Å²) >= 11 is 0. The summed E-state index contributed by atoms with van der Waals surface area (Å²) in [5.41, 5.74) is 3.69. The van der Waals surface area contributed by atoms with Crippen molar-refractivity contribution in [3.63, 3.8) is 0 Å². The third-order valence-electron chi connectivity index (χ3n) is 7.25. The lowest BCUT2D eigenvalue weighted by Crippen LogP contribution is -2.46. The summed E-state index contributed by atoms with van der Waals surface area (Å²) in [6.07, 6.45) is 8.55. The monoisotopic (exact) mass is 488 g/mol. The summed E-state index contributed by atoms with van der Waals surface area (Å²) in [5.74, 6) is 0.428. The van der Waals surface area contributed by atoms with Crippen molar-refractivity contribution in [1.82, 2.24) is 5.32 Å². The average molecular weight is 489 g/mol. The number of anilines is 1. The van der Waals surface area contributed by atoms with Gasteiger partial charge in [-0.2, -0.15) is 0 Å². The van der Waals surface area contributed by atoms with Gasteiger partial charge in [-0.05, 0) is 73.6 Å². The predicted molar refractivity (Wildman–Crippen MR) is 137 cm³/mol. The van der Waals surface area contributed by atoms with E-state index in [0.717, 1.165) is 44.9 Å². The molecule has 0 saturated heterocycles. The van der Waals surface area contributed by atoms with Crippen molar-refractivity contribution in [2.24, 2.45) is 0 Å². The second kappa shape index (κ2) is 10.5. The third kappa shape index (κ3) is 4.57. The van der Waals surface area contributed by atoms with Crippen molar-refractivity contribution in [3.8, 4) is 11.5 Å². The zero-order valence-electron chi connectivity index (χ0n) is 20.8. The molecule has 1 N–H and O–H groups in total. The topological polar surface area (TPSA) is 81.0 Å². The van der Waals surface area contributed by atoms with Crippen LogP contribution in [0.25, 0.3) is 0 Å². The van der Waals surface area contributed by atoms with Gasteiger partial charge < -0.3 is 19.2 Å². The molecule has 1 saturated carbocycles. The second-order valence-electron chi connectivity index (χ2n) is 9.43. The maximum absolute atomic E-state index is 14.1. The molecular weight excluding hydrogens is 456 g/mol. The number of nitrogens with zero attached hydrogens (tertiary/aromatic N) is 1. The Kier molecular flexibility index (Phi) is 6.98. The predicted octanol–water partition coefficient (Wildman–Crippen LogP) is 5.23. The molecule has 1 atom stereocenters. The summed E-state index contributed by atoms with van der Waals surface area (Å²) in [4.78, 5) is 29.6. The third-order valence-corrected chi connectivity index (χ3v) is 7.25. The molecule has 2 amide bonds. The Balaban J connectivity index is 1.67. The van der Waals surface area contributed by atoms with E-state index in [2.05, 4.69) is 11.4 Å². The molecule has 0 spiro atoms. The first kappa shape index (κ1) is 24.0. The quantitative estimate of drug-likeness (QED) is 0.469. The SMILES string of the molecule is COc1cccc([C@@H](C(=O)NC2CCCC2)N(C(=O)c2ccco2)c2ccc3c(c2)CCC3)c1OC. The number of para-hydroxylation sites is 1. The highest BCUT2D eigenvalue weighted by Crippen LogP contribution is 2.40. The number of nitrogens with one attached hydrogen (secondary N) is 1. The van der Waals surface area contributed by atoms with Gasteiger partial charge in [0, 0.05) is 17.3 Å². The number of furan rings is 1. The summed E-state index contributed by atoms with van der Waals surface area (Å²) in [6.45, 7) is 0. The van der Waals surface area contributed by atoms with Crippen LogP contribution in [0.1, 0.15) is 65.4 Å². The Morgan fingerprint density at radius 2 is 1.78 bits per heavy atom. The number of aryl methyl sites for hydroxylation is 2. The first-order valence-electron chi connectivity index (χ1n) is 12.6. The van der Waals surface area contributed by atoms with Gasteiger partial charge in [0.15, 0.2) is 17.3 Å². The molecule has 1 aromatic heterocycles. The van der Waals surface area contributed by atoms with Gasteiger partial charge in [0.1, 0.15) is 6.04 Å². The fraction of sp³-hybridized carbons (Fsp3) is 0.379. The van der Waals surface area contributed by atoms with Gasteiger partial charge in [0.2, 0.25) is 5.91 Å². The number of carbonyl (C=O) groups is 2. The minimum Gasteiger partial charge on any atom is -0.493 e. The first-order valence-corrected chi connectivity index (χ1v) is 12.6. The molecule has 7 heteroatoms. The van der Waals surface area contributed by atoms with E-state index in [9.17, 15) is 9.59 Å². The van der Waals surface area contributed by atoms with Gasteiger partial charge in [-0.1, -0.05) is 31.0 Å². The van der Waals surface area contributed by atoms with E-state index in [1.54, 1.807) is 37.3 Å². The number of benzene rings is 2. The standard InChI is InChI=1S/C29H32N2O5/c1-34-24-13-6-12-23(27(24)35-2)26(28(32)30-21-10-3-4-11-21)31(29(33)25-14-7-17-36-25)22-16-15-19-8-5-9-20(19)18-22/h6-7,12-18,21,26H,3-5,8-11H2,1-2H3,(H,30,32)/t26-/m0/s1. The number of methoxy groups -OCH3 is 2. The number of carbonyl (C=O) groups excluding carboxylic acids is 2. The lowest BCUT2D eigenvalue weighted by molar-refractivity contribution is -0.123.